The number of carbonyl (C=O) groups is 3. The fourth-order valence-electron chi connectivity index (χ4n) is 3.19. The number of rotatable bonds is 9. The van der Waals surface area contributed by atoms with E-state index in [0.29, 0.717) is 38.8 Å². The van der Waals surface area contributed by atoms with Gasteiger partial charge in [0, 0.05) is 32.5 Å². The molecule has 1 aliphatic rings. The molecule has 0 aromatic rings. The van der Waals surface area contributed by atoms with Gasteiger partial charge in [0.05, 0.1) is 5.41 Å². The molecular weight excluding hydrogens is 296 g/mol. The van der Waals surface area contributed by atoms with Crippen LogP contribution in [-0.2, 0) is 14.4 Å². The Balaban J connectivity index is 2.33. The molecule has 2 N–H and O–H groups in total. The number of nitrogens with zero attached hydrogens (tertiary/aromatic N) is 1. The largest absolute Gasteiger partial charge is 0.481 e. The minimum Gasteiger partial charge on any atom is -0.481 e. The van der Waals surface area contributed by atoms with Crippen LogP contribution >= 0.6 is 0 Å². The van der Waals surface area contributed by atoms with Crippen LogP contribution in [0.25, 0.3) is 0 Å². The number of carboxylic acid groups (broad SMARTS) is 1. The summed E-state index contributed by atoms with van der Waals surface area (Å²) in [4.78, 5) is 37.0. The Kier molecular flexibility index (Phi) is 8.06. The van der Waals surface area contributed by atoms with E-state index in [1.807, 2.05) is 13.8 Å². The van der Waals surface area contributed by atoms with Crippen molar-refractivity contribution in [1.82, 2.24) is 10.2 Å². The second-order valence-electron chi connectivity index (χ2n) is 6.34. The van der Waals surface area contributed by atoms with Gasteiger partial charge in [-0.15, -0.1) is 0 Å². The molecule has 0 bridgehead atoms. The van der Waals surface area contributed by atoms with Gasteiger partial charge in [-0.25, -0.2) is 0 Å². The molecule has 0 aromatic carbocycles. The summed E-state index contributed by atoms with van der Waals surface area (Å²) in [7, 11) is 0. The van der Waals surface area contributed by atoms with Crippen LogP contribution in [0.4, 0.5) is 0 Å². The van der Waals surface area contributed by atoms with E-state index in [0.717, 1.165) is 19.3 Å². The Morgan fingerprint density at radius 2 is 1.65 bits per heavy atom. The van der Waals surface area contributed by atoms with Crippen LogP contribution in [0.15, 0.2) is 0 Å². The van der Waals surface area contributed by atoms with Gasteiger partial charge in [-0.05, 0) is 33.1 Å². The number of amides is 2. The van der Waals surface area contributed by atoms with Crippen LogP contribution in [0.2, 0.25) is 0 Å². The standard InChI is InChI=1S/C17H30N2O4/c1-3-19(4-2)15(21)10-8-9-14(20)18-13-17(16(22)23)11-6-5-7-12-17/h3-13H2,1-2H3,(H,18,20)(H,22,23). The van der Waals surface area contributed by atoms with Crippen molar-refractivity contribution in [3.8, 4) is 0 Å². The monoisotopic (exact) mass is 326 g/mol. The van der Waals surface area contributed by atoms with Gasteiger partial charge in [-0.3, -0.25) is 14.4 Å². The summed E-state index contributed by atoms with van der Waals surface area (Å²) in [5.41, 5.74) is -0.801. The molecule has 6 heteroatoms. The summed E-state index contributed by atoms with van der Waals surface area (Å²) < 4.78 is 0. The molecule has 1 aliphatic carbocycles. The Morgan fingerprint density at radius 3 is 2.17 bits per heavy atom. The summed E-state index contributed by atoms with van der Waals surface area (Å²) in [5, 5.41) is 12.2. The van der Waals surface area contributed by atoms with Gasteiger partial charge in [0.15, 0.2) is 0 Å². The lowest BCUT2D eigenvalue weighted by molar-refractivity contribution is -0.151. The Labute approximate surface area is 138 Å². The first kappa shape index (κ1) is 19.5. The van der Waals surface area contributed by atoms with Crippen LogP contribution < -0.4 is 5.32 Å². The maximum atomic E-state index is 11.9. The molecule has 0 aliphatic heterocycles. The van der Waals surface area contributed by atoms with Gasteiger partial charge in [-0.2, -0.15) is 0 Å². The van der Waals surface area contributed by atoms with Gasteiger partial charge < -0.3 is 15.3 Å². The van der Waals surface area contributed by atoms with Gasteiger partial charge in [0.1, 0.15) is 0 Å². The molecule has 1 saturated carbocycles. The van der Waals surface area contributed by atoms with E-state index < -0.39 is 11.4 Å². The molecule has 2 amide bonds. The normalized spacial score (nSPS) is 16.6. The quantitative estimate of drug-likeness (QED) is 0.680. The van der Waals surface area contributed by atoms with E-state index in [9.17, 15) is 19.5 Å². The van der Waals surface area contributed by atoms with E-state index in [-0.39, 0.29) is 24.8 Å². The second kappa shape index (κ2) is 9.53. The fourth-order valence-corrected chi connectivity index (χ4v) is 3.19. The van der Waals surface area contributed by atoms with Crippen molar-refractivity contribution in [2.45, 2.75) is 65.2 Å². The fraction of sp³-hybridized carbons (Fsp3) is 0.824. The second-order valence-corrected chi connectivity index (χ2v) is 6.34. The molecule has 0 radical (unpaired) electrons. The highest BCUT2D eigenvalue weighted by molar-refractivity contribution is 5.80. The van der Waals surface area contributed by atoms with Crippen molar-refractivity contribution in [3.05, 3.63) is 0 Å². The maximum Gasteiger partial charge on any atom is 0.311 e. The molecular formula is C17H30N2O4. The van der Waals surface area contributed by atoms with Crippen LogP contribution in [0.1, 0.15) is 65.2 Å². The predicted octanol–water partition coefficient (Wildman–Crippen LogP) is 2.18. The maximum absolute atomic E-state index is 11.9. The Hall–Kier alpha value is -1.59. The molecule has 132 valence electrons. The van der Waals surface area contributed by atoms with Crippen molar-refractivity contribution >= 4 is 17.8 Å². The molecule has 0 heterocycles. The SMILES string of the molecule is CCN(CC)C(=O)CCCC(=O)NCC1(C(=O)O)CCCCC1. The van der Waals surface area contributed by atoms with Gasteiger partial charge in [0.25, 0.3) is 0 Å². The van der Waals surface area contributed by atoms with Gasteiger partial charge in [0.2, 0.25) is 11.8 Å². The number of nitrogens with one attached hydrogen (secondary N) is 1. The zero-order chi connectivity index (χ0) is 17.3. The molecule has 0 spiro atoms. The smallest absolute Gasteiger partial charge is 0.311 e. The molecule has 0 aromatic heterocycles. The molecule has 1 fully saturated rings. The summed E-state index contributed by atoms with van der Waals surface area (Å²) in [6.45, 7) is 5.43. The van der Waals surface area contributed by atoms with Crippen molar-refractivity contribution in [2.75, 3.05) is 19.6 Å². The van der Waals surface area contributed by atoms with Gasteiger partial charge >= 0.3 is 5.97 Å². The average Bonchev–Trinajstić information content (AvgIpc) is 2.55. The molecule has 0 saturated heterocycles. The third kappa shape index (κ3) is 5.84. The van der Waals surface area contributed by atoms with Gasteiger partial charge in [-0.1, -0.05) is 19.3 Å². The Morgan fingerprint density at radius 1 is 1.04 bits per heavy atom. The topological polar surface area (TPSA) is 86.7 Å². The number of carbonyl (C=O) groups excluding carboxylic acids is 2. The number of hydrogen-bond donors (Lipinski definition) is 2. The van der Waals surface area contributed by atoms with E-state index in [1.165, 1.54) is 0 Å². The van der Waals surface area contributed by atoms with Crippen molar-refractivity contribution in [1.29, 1.82) is 0 Å². The molecule has 23 heavy (non-hydrogen) atoms. The minimum absolute atomic E-state index is 0.0667. The van der Waals surface area contributed by atoms with E-state index in [2.05, 4.69) is 5.32 Å². The highest BCUT2D eigenvalue weighted by Gasteiger charge is 2.39. The first-order valence-electron chi connectivity index (χ1n) is 8.73. The summed E-state index contributed by atoms with van der Waals surface area (Å²) in [6, 6.07) is 0. The minimum atomic E-state index is -0.811. The zero-order valence-corrected chi connectivity index (χ0v) is 14.4. The van der Waals surface area contributed by atoms with Crippen molar-refractivity contribution in [2.24, 2.45) is 5.41 Å². The first-order chi connectivity index (χ1) is 10.9. The summed E-state index contributed by atoms with van der Waals surface area (Å²) in [6.07, 6.45) is 5.26. The highest BCUT2D eigenvalue weighted by Crippen LogP contribution is 2.36. The van der Waals surface area contributed by atoms with E-state index in [4.69, 9.17) is 0 Å². The highest BCUT2D eigenvalue weighted by atomic mass is 16.4. The molecule has 0 unspecified atom stereocenters. The van der Waals surface area contributed by atoms with Crippen LogP contribution in [-0.4, -0.2) is 47.4 Å². The van der Waals surface area contributed by atoms with Crippen LogP contribution in [0, 0.1) is 5.41 Å². The Bertz CT molecular complexity index is 413. The first-order valence-corrected chi connectivity index (χ1v) is 8.73. The zero-order valence-electron chi connectivity index (χ0n) is 14.4. The number of hydrogen-bond acceptors (Lipinski definition) is 3. The molecule has 1 rings (SSSR count). The molecule has 6 nitrogen and oxygen atoms in total. The van der Waals surface area contributed by atoms with Crippen LogP contribution in [0.3, 0.4) is 0 Å². The lowest BCUT2D eigenvalue weighted by Gasteiger charge is -2.33. The summed E-state index contributed by atoms with van der Waals surface area (Å²) >= 11 is 0. The number of aliphatic carboxylic acids is 1. The van der Waals surface area contributed by atoms with Crippen molar-refractivity contribution < 1.29 is 19.5 Å². The average molecular weight is 326 g/mol. The number of carboxylic acids is 1. The summed E-state index contributed by atoms with van der Waals surface area (Å²) in [5.74, 6) is -0.908. The molecule has 0 atom stereocenters. The lowest BCUT2D eigenvalue weighted by Crippen LogP contribution is -2.44. The third-order valence-corrected chi connectivity index (χ3v) is 4.80. The predicted molar refractivity (Wildman–Crippen MR) is 87.9 cm³/mol. The lowest BCUT2D eigenvalue weighted by atomic mass is 9.74. The van der Waals surface area contributed by atoms with Crippen LogP contribution in [0.5, 0.6) is 0 Å². The van der Waals surface area contributed by atoms with Crippen molar-refractivity contribution in [3.63, 3.8) is 0 Å². The van der Waals surface area contributed by atoms with E-state index >= 15 is 0 Å². The third-order valence-electron chi connectivity index (χ3n) is 4.80. The van der Waals surface area contributed by atoms with E-state index in [1.54, 1.807) is 4.90 Å².